The Balaban J connectivity index is 0.00000312. The average molecular weight is 433 g/mol. The van der Waals surface area contributed by atoms with E-state index in [1.54, 1.807) is 4.90 Å². The third kappa shape index (κ3) is 6.28. The van der Waals surface area contributed by atoms with Gasteiger partial charge in [0.15, 0.2) is 0 Å². The van der Waals surface area contributed by atoms with Gasteiger partial charge in [0.2, 0.25) is 5.91 Å². The summed E-state index contributed by atoms with van der Waals surface area (Å²) in [4.78, 5) is 26.9. The van der Waals surface area contributed by atoms with Crippen molar-refractivity contribution in [1.29, 1.82) is 0 Å². The highest BCUT2D eigenvalue weighted by Gasteiger charge is 2.29. The van der Waals surface area contributed by atoms with Crippen molar-refractivity contribution < 1.29 is 9.59 Å². The van der Waals surface area contributed by atoms with Crippen LogP contribution in [-0.4, -0.2) is 42.4 Å². The molecule has 0 saturated carbocycles. The summed E-state index contributed by atoms with van der Waals surface area (Å²) in [6, 6.07) is 5.74. The Kier molecular flexibility index (Phi) is 8.89. The Morgan fingerprint density at radius 2 is 2.16 bits per heavy atom. The van der Waals surface area contributed by atoms with E-state index in [1.807, 2.05) is 32.0 Å². The quantitative estimate of drug-likeness (QED) is 0.751. The number of piperidine rings is 1. The van der Waals surface area contributed by atoms with E-state index in [9.17, 15) is 9.59 Å². The number of hydrogen-bond acceptors (Lipinski definition) is 3. The van der Waals surface area contributed by atoms with Crippen LogP contribution in [-0.2, 0) is 4.79 Å². The second-order valence-electron chi connectivity index (χ2n) is 6.61. The minimum absolute atomic E-state index is 0. The van der Waals surface area contributed by atoms with E-state index < -0.39 is 0 Å². The van der Waals surface area contributed by atoms with Gasteiger partial charge in [-0.1, -0.05) is 15.9 Å². The highest BCUT2D eigenvalue weighted by Crippen LogP contribution is 2.22. The van der Waals surface area contributed by atoms with Gasteiger partial charge in [-0.15, -0.1) is 12.4 Å². The fourth-order valence-corrected chi connectivity index (χ4v) is 3.46. The first-order valence-corrected chi connectivity index (χ1v) is 9.26. The van der Waals surface area contributed by atoms with Crippen LogP contribution in [0.2, 0.25) is 0 Å². The van der Waals surface area contributed by atoms with Crippen molar-refractivity contribution in [1.82, 2.24) is 10.2 Å². The Hall–Kier alpha value is -1.11. The molecule has 1 aliphatic rings. The number of nitrogens with one attached hydrogen (secondary N) is 1. The molecule has 2 rings (SSSR count). The van der Waals surface area contributed by atoms with Crippen molar-refractivity contribution in [3.05, 3.63) is 33.8 Å². The van der Waals surface area contributed by atoms with Crippen LogP contribution in [0.3, 0.4) is 0 Å². The molecule has 1 aliphatic heterocycles. The summed E-state index contributed by atoms with van der Waals surface area (Å²) in [6.07, 6.45) is 2.44. The van der Waals surface area contributed by atoms with Crippen molar-refractivity contribution in [2.24, 2.45) is 11.7 Å². The molecular weight excluding hydrogens is 406 g/mol. The molecule has 0 aromatic heterocycles. The molecule has 0 aliphatic carbocycles. The van der Waals surface area contributed by atoms with E-state index in [4.69, 9.17) is 5.73 Å². The predicted molar refractivity (Wildman–Crippen MR) is 106 cm³/mol. The van der Waals surface area contributed by atoms with Crippen LogP contribution in [0.25, 0.3) is 0 Å². The standard InChI is InChI=1S/C18H26BrN3O2.ClH/c1-12-10-15(19)5-6-16(12)18(24)22-9-3-4-14(11-22)17(23)21-8-7-13(2)20;/h5-6,10,13-14H,3-4,7-9,11,20H2,1-2H3,(H,21,23);1H. The number of nitrogens with zero attached hydrogens (tertiary/aromatic N) is 1. The lowest BCUT2D eigenvalue weighted by molar-refractivity contribution is -0.126. The number of benzene rings is 1. The van der Waals surface area contributed by atoms with E-state index in [2.05, 4.69) is 21.2 Å². The van der Waals surface area contributed by atoms with Crippen molar-refractivity contribution in [3.8, 4) is 0 Å². The van der Waals surface area contributed by atoms with Crippen LogP contribution in [0.5, 0.6) is 0 Å². The van der Waals surface area contributed by atoms with Gasteiger partial charge in [0.05, 0.1) is 5.92 Å². The number of aryl methyl sites for hydroxylation is 1. The van der Waals surface area contributed by atoms with Gasteiger partial charge in [-0.3, -0.25) is 9.59 Å². The fraction of sp³-hybridized carbons (Fsp3) is 0.556. The number of carbonyl (C=O) groups excluding carboxylic acids is 2. The molecule has 7 heteroatoms. The van der Waals surface area contributed by atoms with Crippen molar-refractivity contribution >= 4 is 40.2 Å². The molecule has 0 spiro atoms. The molecule has 25 heavy (non-hydrogen) atoms. The SMILES string of the molecule is Cc1cc(Br)ccc1C(=O)N1CCCC(C(=O)NCCC(C)N)C1.Cl. The largest absolute Gasteiger partial charge is 0.356 e. The maximum Gasteiger partial charge on any atom is 0.254 e. The first-order valence-electron chi connectivity index (χ1n) is 8.47. The first kappa shape index (κ1) is 21.9. The molecule has 2 atom stereocenters. The van der Waals surface area contributed by atoms with Crippen LogP contribution < -0.4 is 11.1 Å². The number of nitrogens with two attached hydrogens (primary N) is 1. The maximum atomic E-state index is 12.8. The normalized spacial score (nSPS) is 18.2. The molecule has 2 amide bonds. The lowest BCUT2D eigenvalue weighted by atomic mass is 9.96. The van der Waals surface area contributed by atoms with E-state index in [1.165, 1.54) is 0 Å². The van der Waals surface area contributed by atoms with Gasteiger partial charge in [-0.05, 0) is 56.9 Å². The summed E-state index contributed by atoms with van der Waals surface area (Å²) < 4.78 is 0.960. The van der Waals surface area contributed by atoms with Gasteiger partial charge in [-0.25, -0.2) is 0 Å². The molecule has 5 nitrogen and oxygen atoms in total. The van der Waals surface area contributed by atoms with Crippen molar-refractivity contribution in [3.63, 3.8) is 0 Å². The zero-order valence-electron chi connectivity index (χ0n) is 14.8. The molecule has 1 heterocycles. The van der Waals surface area contributed by atoms with Crippen molar-refractivity contribution in [2.45, 2.75) is 39.2 Å². The molecule has 1 fully saturated rings. The van der Waals surface area contributed by atoms with Gasteiger partial charge in [-0.2, -0.15) is 0 Å². The third-order valence-corrected chi connectivity index (χ3v) is 4.89. The van der Waals surface area contributed by atoms with Crippen LogP contribution >= 0.6 is 28.3 Å². The van der Waals surface area contributed by atoms with Crippen LogP contribution in [0.1, 0.15) is 42.1 Å². The zero-order valence-corrected chi connectivity index (χ0v) is 17.2. The number of rotatable bonds is 5. The lowest BCUT2D eigenvalue weighted by Crippen LogP contribution is -2.46. The summed E-state index contributed by atoms with van der Waals surface area (Å²) in [5.74, 6) is -0.0970. The van der Waals surface area contributed by atoms with E-state index in [0.717, 1.165) is 29.3 Å². The molecular formula is C18H27BrClN3O2. The van der Waals surface area contributed by atoms with Crippen LogP contribution in [0, 0.1) is 12.8 Å². The average Bonchev–Trinajstić information content (AvgIpc) is 2.54. The van der Waals surface area contributed by atoms with Crippen LogP contribution in [0.15, 0.2) is 22.7 Å². The Labute approximate surface area is 164 Å². The van der Waals surface area contributed by atoms with Gasteiger partial charge in [0, 0.05) is 35.7 Å². The monoisotopic (exact) mass is 431 g/mol. The first-order chi connectivity index (χ1) is 11.4. The highest BCUT2D eigenvalue weighted by atomic mass is 79.9. The number of likely N-dealkylation sites (tertiary alicyclic amines) is 1. The minimum Gasteiger partial charge on any atom is -0.356 e. The molecule has 0 radical (unpaired) electrons. The van der Waals surface area contributed by atoms with E-state index in [0.29, 0.717) is 25.2 Å². The summed E-state index contributed by atoms with van der Waals surface area (Å²) in [5, 5.41) is 2.94. The summed E-state index contributed by atoms with van der Waals surface area (Å²) in [7, 11) is 0. The molecule has 1 saturated heterocycles. The highest BCUT2D eigenvalue weighted by molar-refractivity contribution is 9.10. The summed E-state index contributed by atoms with van der Waals surface area (Å²) in [6.45, 7) is 5.64. The van der Waals surface area contributed by atoms with Gasteiger partial charge < -0.3 is 16.0 Å². The second kappa shape index (κ2) is 10.1. The zero-order chi connectivity index (χ0) is 17.7. The number of halogens is 2. The lowest BCUT2D eigenvalue weighted by Gasteiger charge is -2.32. The maximum absolute atomic E-state index is 12.8. The molecule has 1 aromatic carbocycles. The summed E-state index contributed by atoms with van der Waals surface area (Å²) in [5.41, 5.74) is 7.35. The second-order valence-corrected chi connectivity index (χ2v) is 7.52. The fourth-order valence-electron chi connectivity index (χ4n) is 2.98. The molecule has 3 N–H and O–H groups in total. The Morgan fingerprint density at radius 3 is 2.80 bits per heavy atom. The molecule has 0 bridgehead atoms. The van der Waals surface area contributed by atoms with Gasteiger partial charge in [0.1, 0.15) is 0 Å². The Morgan fingerprint density at radius 1 is 1.44 bits per heavy atom. The number of hydrogen-bond donors (Lipinski definition) is 2. The number of amides is 2. The topological polar surface area (TPSA) is 75.4 Å². The van der Waals surface area contributed by atoms with Crippen molar-refractivity contribution in [2.75, 3.05) is 19.6 Å². The Bertz CT molecular complexity index is 610. The summed E-state index contributed by atoms with van der Waals surface area (Å²) >= 11 is 3.42. The smallest absolute Gasteiger partial charge is 0.254 e. The number of carbonyl (C=O) groups is 2. The molecule has 140 valence electrons. The predicted octanol–water partition coefficient (Wildman–Crippen LogP) is 2.89. The van der Waals surface area contributed by atoms with E-state index in [-0.39, 0.29) is 36.2 Å². The van der Waals surface area contributed by atoms with Gasteiger partial charge in [0.25, 0.3) is 5.91 Å². The van der Waals surface area contributed by atoms with Crippen LogP contribution in [0.4, 0.5) is 0 Å². The molecule has 2 unspecified atom stereocenters. The van der Waals surface area contributed by atoms with Gasteiger partial charge >= 0.3 is 0 Å². The third-order valence-electron chi connectivity index (χ3n) is 4.40. The van der Waals surface area contributed by atoms with E-state index >= 15 is 0 Å². The molecule has 1 aromatic rings. The minimum atomic E-state index is -0.133.